The summed E-state index contributed by atoms with van der Waals surface area (Å²) < 4.78 is 31.7. The molecule has 0 amide bonds. The van der Waals surface area contributed by atoms with E-state index >= 15 is 0 Å². The highest BCUT2D eigenvalue weighted by atomic mass is 16.7. The Bertz CT molecular complexity index is 1060. The Balaban J connectivity index is 1.64. The first kappa shape index (κ1) is 21.1. The first-order valence-corrected chi connectivity index (χ1v) is 11.0. The molecule has 0 radical (unpaired) electrons. The molecule has 0 unspecified atom stereocenters. The average Bonchev–Trinajstić information content (AvgIpc) is 3.21. The minimum atomic E-state index is -0.491. The topological polar surface area (TPSA) is 50.1 Å². The summed E-state index contributed by atoms with van der Waals surface area (Å²) in [4.78, 5) is 0. The molecule has 5 rings (SSSR count). The molecule has 3 aromatic rings. The van der Waals surface area contributed by atoms with Gasteiger partial charge >= 0.3 is 14.2 Å². The van der Waals surface area contributed by atoms with Crippen molar-refractivity contribution in [1.82, 2.24) is 0 Å². The van der Waals surface area contributed by atoms with Gasteiger partial charge in [-0.1, -0.05) is 36.4 Å². The summed E-state index contributed by atoms with van der Waals surface area (Å²) in [5.41, 5.74) is 1.68. The monoisotopic (exact) mass is 420 g/mol. The molecule has 162 valence electrons. The molecule has 2 fully saturated rings. The van der Waals surface area contributed by atoms with Crippen molar-refractivity contribution >= 4 is 47.1 Å². The Hall–Kier alpha value is -1.79. The van der Waals surface area contributed by atoms with Gasteiger partial charge in [0.25, 0.3) is 0 Å². The lowest BCUT2D eigenvalue weighted by atomic mass is 9.77. The third kappa shape index (κ3) is 3.01. The van der Waals surface area contributed by atoms with Crippen LogP contribution in [0.1, 0.15) is 55.4 Å². The quantitative estimate of drug-likeness (QED) is 0.583. The van der Waals surface area contributed by atoms with Crippen molar-refractivity contribution < 1.29 is 23.0 Å². The molecule has 3 heterocycles. The summed E-state index contributed by atoms with van der Waals surface area (Å²) in [6, 6.07) is 12.2. The normalized spacial score (nSPS) is 23.9. The summed E-state index contributed by atoms with van der Waals surface area (Å²) in [5, 5.41) is 2.06. The van der Waals surface area contributed by atoms with E-state index in [0.717, 1.165) is 32.9 Å². The van der Waals surface area contributed by atoms with Crippen LogP contribution in [0.2, 0.25) is 0 Å². The van der Waals surface area contributed by atoms with Gasteiger partial charge in [-0.15, -0.1) is 0 Å². The van der Waals surface area contributed by atoms with Crippen LogP contribution in [-0.4, -0.2) is 36.6 Å². The van der Waals surface area contributed by atoms with E-state index in [-0.39, 0.29) is 0 Å². The van der Waals surface area contributed by atoms with Gasteiger partial charge in [0.15, 0.2) is 0 Å². The maximum Gasteiger partial charge on any atom is 0.498 e. The fraction of sp³-hybridized carbons (Fsp3) is 0.500. The number of benzene rings is 2. The molecule has 0 aliphatic carbocycles. The zero-order valence-electron chi connectivity index (χ0n) is 19.7. The van der Waals surface area contributed by atoms with Crippen molar-refractivity contribution in [1.29, 1.82) is 0 Å². The second-order valence-electron chi connectivity index (χ2n) is 10.7. The molecular formula is C24H30B2O5. The van der Waals surface area contributed by atoms with Gasteiger partial charge in [-0.05, 0) is 55.4 Å². The van der Waals surface area contributed by atoms with E-state index in [1.165, 1.54) is 0 Å². The second kappa shape index (κ2) is 6.38. The Morgan fingerprint density at radius 1 is 0.516 bits per heavy atom. The Kier molecular flexibility index (Phi) is 4.34. The average molecular weight is 420 g/mol. The standard InChI is InChI=1S/C24H30B2O5/c1-21(2)22(3,4)29-25(28-21)17-13-9-11-15-16-12-10-14-18(20(16)27-19(15)17)26-30-23(5,6)24(7,8)31-26/h9-14H,1-8H3. The van der Waals surface area contributed by atoms with Crippen LogP contribution in [0.5, 0.6) is 0 Å². The van der Waals surface area contributed by atoms with Crippen molar-refractivity contribution in [2.45, 2.75) is 77.8 Å². The SMILES string of the molecule is CC1(C)OB(c2cccc3c2oc2c(B4OC(C)(C)C(C)(C)O4)cccc23)OC1(C)C. The number of hydrogen-bond donors (Lipinski definition) is 0. The second-order valence-corrected chi connectivity index (χ2v) is 10.7. The molecule has 0 atom stereocenters. The molecule has 31 heavy (non-hydrogen) atoms. The van der Waals surface area contributed by atoms with Crippen LogP contribution in [0.3, 0.4) is 0 Å². The van der Waals surface area contributed by atoms with Gasteiger partial charge in [0.1, 0.15) is 11.2 Å². The lowest BCUT2D eigenvalue weighted by Crippen LogP contribution is -2.41. The molecule has 2 aliphatic heterocycles. The van der Waals surface area contributed by atoms with Crippen molar-refractivity contribution in [3.05, 3.63) is 36.4 Å². The summed E-state index contributed by atoms with van der Waals surface area (Å²) >= 11 is 0. The molecule has 5 nitrogen and oxygen atoms in total. The number of fused-ring (bicyclic) bond motifs is 3. The van der Waals surface area contributed by atoms with Crippen LogP contribution in [0.25, 0.3) is 21.9 Å². The summed E-state index contributed by atoms with van der Waals surface area (Å²) in [5.74, 6) is 0. The van der Waals surface area contributed by atoms with Crippen LogP contribution in [0.15, 0.2) is 40.8 Å². The van der Waals surface area contributed by atoms with E-state index in [2.05, 4.69) is 67.5 Å². The van der Waals surface area contributed by atoms with Gasteiger partial charge in [0.2, 0.25) is 0 Å². The maximum absolute atomic E-state index is 6.49. The number of rotatable bonds is 2. The number of furan rings is 1. The van der Waals surface area contributed by atoms with E-state index in [1.54, 1.807) is 0 Å². The molecule has 2 aliphatic rings. The van der Waals surface area contributed by atoms with Crippen LogP contribution < -0.4 is 10.9 Å². The highest BCUT2D eigenvalue weighted by Gasteiger charge is 2.54. The number of para-hydroxylation sites is 2. The highest BCUT2D eigenvalue weighted by Crippen LogP contribution is 2.39. The molecule has 1 aromatic heterocycles. The van der Waals surface area contributed by atoms with E-state index in [9.17, 15) is 0 Å². The fourth-order valence-electron chi connectivity index (χ4n) is 4.18. The molecule has 2 saturated heterocycles. The summed E-state index contributed by atoms with van der Waals surface area (Å²) in [6.45, 7) is 16.5. The van der Waals surface area contributed by atoms with Gasteiger partial charge in [0, 0.05) is 21.7 Å². The maximum atomic E-state index is 6.49. The summed E-state index contributed by atoms with van der Waals surface area (Å²) in [7, 11) is -0.982. The summed E-state index contributed by atoms with van der Waals surface area (Å²) in [6.07, 6.45) is 0. The van der Waals surface area contributed by atoms with E-state index in [4.69, 9.17) is 23.0 Å². The molecular weight excluding hydrogens is 390 g/mol. The van der Waals surface area contributed by atoms with Crippen LogP contribution >= 0.6 is 0 Å². The van der Waals surface area contributed by atoms with Crippen molar-refractivity contribution in [3.8, 4) is 0 Å². The minimum Gasteiger partial charge on any atom is -0.457 e. The lowest BCUT2D eigenvalue weighted by Gasteiger charge is -2.32. The molecule has 0 N–H and O–H groups in total. The zero-order chi connectivity index (χ0) is 22.4. The van der Waals surface area contributed by atoms with Crippen LogP contribution in [0, 0.1) is 0 Å². The van der Waals surface area contributed by atoms with Gasteiger partial charge in [-0.3, -0.25) is 0 Å². The molecule has 0 saturated carbocycles. The molecule has 0 spiro atoms. The van der Waals surface area contributed by atoms with Crippen LogP contribution in [-0.2, 0) is 18.6 Å². The Morgan fingerprint density at radius 2 is 0.839 bits per heavy atom. The lowest BCUT2D eigenvalue weighted by molar-refractivity contribution is 0.00578. The fourth-order valence-corrected chi connectivity index (χ4v) is 4.18. The smallest absolute Gasteiger partial charge is 0.457 e. The van der Waals surface area contributed by atoms with E-state index in [0.29, 0.717) is 0 Å². The van der Waals surface area contributed by atoms with E-state index in [1.807, 2.05) is 24.3 Å². The zero-order valence-corrected chi connectivity index (χ0v) is 19.7. The molecule has 0 bridgehead atoms. The third-order valence-corrected chi connectivity index (χ3v) is 7.60. The van der Waals surface area contributed by atoms with E-state index < -0.39 is 36.6 Å². The van der Waals surface area contributed by atoms with Gasteiger partial charge in [-0.2, -0.15) is 0 Å². The van der Waals surface area contributed by atoms with Gasteiger partial charge < -0.3 is 23.0 Å². The largest absolute Gasteiger partial charge is 0.498 e. The predicted octanol–water partition coefficient (Wildman–Crippen LogP) is 4.18. The number of hydrogen-bond acceptors (Lipinski definition) is 5. The Morgan fingerprint density at radius 3 is 1.16 bits per heavy atom. The first-order chi connectivity index (χ1) is 14.3. The Labute approximate surface area is 184 Å². The van der Waals surface area contributed by atoms with Crippen molar-refractivity contribution in [2.24, 2.45) is 0 Å². The van der Waals surface area contributed by atoms with Crippen molar-refractivity contribution in [3.63, 3.8) is 0 Å². The molecule has 2 aromatic carbocycles. The first-order valence-electron chi connectivity index (χ1n) is 11.0. The minimum absolute atomic E-state index is 0.417. The third-order valence-electron chi connectivity index (χ3n) is 7.60. The predicted molar refractivity (Wildman–Crippen MR) is 125 cm³/mol. The highest BCUT2D eigenvalue weighted by molar-refractivity contribution is 6.66. The van der Waals surface area contributed by atoms with Crippen molar-refractivity contribution in [2.75, 3.05) is 0 Å². The van der Waals surface area contributed by atoms with Gasteiger partial charge in [0.05, 0.1) is 22.4 Å². The van der Waals surface area contributed by atoms with Gasteiger partial charge in [-0.25, -0.2) is 0 Å². The van der Waals surface area contributed by atoms with Crippen LogP contribution in [0.4, 0.5) is 0 Å². The molecule has 7 heteroatoms.